The summed E-state index contributed by atoms with van der Waals surface area (Å²) in [4.78, 5) is 4.49. The van der Waals surface area contributed by atoms with Gasteiger partial charge in [-0.05, 0) is 43.7 Å². The Labute approximate surface area is 130 Å². The molecule has 3 rings (SSSR count). The van der Waals surface area contributed by atoms with Crippen LogP contribution in [0.25, 0.3) is 11.0 Å². The lowest BCUT2D eigenvalue weighted by Crippen LogP contribution is -2.26. The lowest BCUT2D eigenvalue weighted by Gasteiger charge is -2.37. The van der Waals surface area contributed by atoms with E-state index in [4.69, 9.17) is 11.6 Å². The fraction of sp³-hybridized carbons (Fsp3) is 0.588. The summed E-state index contributed by atoms with van der Waals surface area (Å²) in [6.45, 7) is 6.52. The number of para-hydroxylation sites is 1. The van der Waals surface area contributed by atoms with Gasteiger partial charge in [-0.2, -0.15) is 0 Å². The molecule has 1 aromatic heterocycles. The third kappa shape index (κ3) is 2.68. The predicted molar refractivity (Wildman–Crippen MR) is 85.2 cm³/mol. The second-order valence-electron chi connectivity index (χ2n) is 6.98. The van der Waals surface area contributed by atoms with E-state index in [2.05, 4.69) is 23.4 Å². The van der Waals surface area contributed by atoms with Crippen molar-refractivity contribution >= 4 is 22.6 Å². The summed E-state index contributed by atoms with van der Waals surface area (Å²) in [6, 6.07) is 5.53. The average molecular weight is 309 g/mol. The van der Waals surface area contributed by atoms with Crippen LogP contribution in [-0.4, -0.2) is 9.55 Å². The van der Waals surface area contributed by atoms with Crippen LogP contribution in [0, 0.1) is 11.2 Å². The molecule has 1 aromatic carbocycles. The fourth-order valence-corrected chi connectivity index (χ4v) is 3.80. The van der Waals surface area contributed by atoms with Crippen LogP contribution in [0.15, 0.2) is 18.2 Å². The van der Waals surface area contributed by atoms with Crippen molar-refractivity contribution in [3.8, 4) is 0 Å². The van der Waals surface area contributed by atoms with E-state index in [1.165, 1.54) is 18.9 Å². The summed E-state index contributed by atoms with van der Waals surface area (Å²) in [7, 11) is 0. The van der Waals surface area contributed by atoms with Crippen molar-refractivity contribution in [2.45, 2.75) is 57.9 Å². The SMILES string of the molecule is CC(Cl)c1nc2c(F)cccc2n1C1CCCC(C)(C)C1. The third-order valence-corrected chi connectivity index (χ3v) is 4.79. The molecule has 1 aliphatic carbocycles. The van der Waals surface area contributed by atoms with Gasteiger partial charge in [-0.3, -0.25) is 0 Å². The standard InChI is InChI=1S/C17H22ClFN2/c1-11(18)16-20-15-13(19)7-4-8-14(15)21(16)12-6-5-9-17(2,3)10-12/h4,7-8,11-12H,5-6,9-10H2,1-3H3. The van der Waals surface area contributed by atoms with Crippen LogP contribution in [0.4, 0.5) is 4.39 Å². The first-order chi connectivity index (χ1) is 9.89. The second-order valence-corrected chi connectivity index (χ2v) is 7.63. The van der Waals surface area contributed by atoms with Crippen molar-refractivity contribution in [1.29, 1.82) is 0 Å². The van der Waals surface area contributed by atoms with Crippen LogP contribution in [0.5, 0.6) is 0 Å². The quantitative estimate of drug-likeness (QED) is 0.659. The molecule has 1 fully saturated rings. The Morgan fingerprint density at radius 2 is 2.19 bits per heavy atom. The van der Waals surface area contributed by atoms with E-state index in [0.717, 1.165) is 24.2 Å². The Kier molecular flexibility index (Phi) is 3.73. The zero-order valence-corrected chi connectivity index (χ0v) is 13.6. The summed E-state index contributed by atoms with van der Waals surface area (Å²) >= 11 is 6.32. The number of benzene rings is 1. The average Bonchev–Trinajstić information content (AvgIpc) is 2.78. The highest BCUT2D eigenvalue weighted by Crippen LogP contribution is 2.43. The van der Waals surface area contributed by atoms with Crippen molar-refractivity contribution in [2.75, 3.05) is 0 Å². The molecule has 0 spiro atoms. The maximum absolute atomic E-state index is 14.0. The molecule has 0 bridgehead atoms. The molecule has 0 aliphatic heterocycles. The van der Waals surface area contributed by atoms with Crippen LogP contribution in [0.2, 0.25) is 0 Å². The number of aromatic nitrogens is 2. The molecule has 0 N–H and O–H groups in total. The monoisotopic (exact) mass is 308 g/mol. The van der Waals surface area contributed by atoms with Crippen molar-refractivity contribution in [2.24, 2.45) is 5.41 Å². The highest BCUT2D eigenvalue weighted by molar-refractivity contribution is 6.20. The number of nitrogens with zero attached hydrogens (tertiary/aromatic N) is 2. The van der Waals surface area contributed by atoms with Crippen LogP contribution in [-0.2, 0) is 0 Å². The first-order valence-electron chi connectivity index (χ1n) is 7.69. The highest BCUT2D eigenvalue weighted by Gasteiger charge is 2.32. The van der Waals surface area contributed by atoms with Gasteiger partial charge in [0.05, 0.1) is 10.9 Å². The molecule has 114 valence electrons. The van der Waals surface area contributed by atoms with E-state index < -0.39 is 0 Å². The largest absolute Gasteiger partial charge is 0.324 e. The molecule has 2 aromatic rings. The van der Waals surface area contributed by atoms with E-state index in [9.17, 15) is 4.39 Å². The molecular formula is C17H22ClFN2. The topological polar surface area (TPSA) is 17.8 Å². The molecule has 0 amide bonds. The second kappa shape index (κ2) is 5.28. The van der Waals surface area contributed by atoms with Gasteiger partial charge < -0.3 is 4.57 Å². The van der Waals surface area contributed by atoms with Crippen LogP contribution in [0.3, 0.4) is 0 Å². The Morgan fingerprint density at radius 3 is 2.86 bits per heavy atom. The van der Waals surface area contributed by atoms with Gasteiger partial charge in [0, 0.05) is 6.04 Å². The predicted octanol–water partition coefficient (Wildman–Crippen LogP) is 5.62. The Hall–Kier alpha value is -1.09. The number of rotatable bonds is 2. The van der Waals surface area contributed by atoms with Crippen molar-refractivity contribution in [3.63, 3.8) is 0 Å². The molecular weight excluding hydrogens is 287 g/mol. The van der Waals surface area contributed by atoms with E-state index in [0.29, 0.717) is 17.0 Å². The molecule has 0 saturated heterocycles. The molecule has 1 saturated carbocycles. The minimum absolute atomic E-state index is 0.221. The highest BCUT2D eigenvalue weighted by atomic mass is 35.5. The molecule has 0 radical (unpaired) electrons. The summed E-state index contributed by atoms with van der Waals surface area (Å²) in [5.74, 6) is 0.527. The van der Waals surface area contributed by atoms with Gasteiger partial charge in [-0.1, -0.05) is 26.3 Å². The fourth-order valence-electron chi connectivity index (χ4n) is 3.64. The molecule has 4 heteroatoms. The van der Waals surface area contributed by atoms with Crippen molar-refractivity contribution in [1.82, 2.24) is 9.55 Å². The maximum Gasteiger partial charge on any atom is 0.151 e. The van der Waals surface area contributed by atoms with E-state index in [1.807, 2.05) is 13.0 Å². The molecule has 1 heterocycles. The number of fused-ring (bicyclic) bond motifs is 1. The van der Waals surface area contributed by atoms with Gasteiger partial charge in [0.1, 0.15) is 11.3 Å². The van der Waals surface area contributed by atoms with Crippen LogP contribution >= 0.6 is 11.6 Å². The summed E-state index contributed by atoms with van der Waals surface area (Å²) in [6.07, 6.45) is 4.65. The lowest BCUT2D eigenvalue weighted by molar-refractivity contribution is 0.183. The van der Waals surface area contributed by atoms with E-state index >= 15 is 0 Å². The summed E-state index contributed by atoms with van der Waals surface area (Å²) in [5.41, 5.74) is 1.64. The molecule has 1 aliphatic rings. The van der Waals surface area contributed by atoms with E-state index in [-0.39, 0.29) is 11.2 Å². The number of halogens is 2. The minimum atomic E-state index is -0.264. The number of hydrogen-bond donors (Lipinski definition) is 0. The number of alkyl halides is 1. The van der Waals surface area contributed by atoms with Gasteiger partial charge in [0.2, 0.25) is 0 Å². The zero-order valence-electron chi connectivity index (χ0n) is 12.9. The van der Waals surface area contributed by atoms with Crippen molar-refractivity contribution < 1.29 is 4.39 Å². The maximum atomic E-state index is 14.0. The van der Waals surface area contributed by atoms with Crippen LogP contribution in [0.1, 0.15) is 63.7 Å². The van der Waals surface area contributed by atoms with Gasteiger partial charge in [0.25, 0.3) is 0 Å². The summed E-state index contributed by atoms with van der Waals surface area (Å²) < 4.78 is 16.2. The van der Waals surface area contributed by atoms with Gasteiger partial charge in [-0.15, -0.1) is 11.6 Å². The van der Waals surface area contributed by atoms with Gasteiger partial charge in [0.15, 0.2) is 5.82 Å². The van der Waals surface area contributed by atoms with Crippen LogP contribution < -0.4 is 0 Å². The molecule has 2 atom stereocenters. The Balaban J connectivity index is 2.16. The summed E-state index contributed by atoms with van der Waals surface area (Å²) in [5, 5.41) is -0.221. The first kappa shape index (κ1) is 14.8. The minimum Gasteiger partial charge on any atom is -0.324 e. The Morgan fingerprint density at radius 1 is 1.43 bits per heavy atom. The molecule has 21 heavy (non-hydrogen) atoms. The number of hydrogen-bond acceptors (Lipinski definition) is 1. The van der Waals surface area contributed by atoms with E-state index in [1.54, 1.807) is 6.07 Å². The van der Waals surface area contributed by atoms with Gasteiger partial charge in [-0.25, -0.2) is 9.37 Å². The first-order valence-corrected chi connectivity index (χ1v) is 8.13. The number of imidazole rings is 1. The molecule has 2 unspecified atom stereocenters. The Bertz CT molecular complexity index is 660. The van der Waals surface area contributed by atoms with Gasteiger partial charge >= 0.3 is 0 Å². The smallest absolute Gasteiger partial charge is 0.151 e. The zero-order chi connectivity index (χ0) is 15.2. The molecule has 2 nitrogen and oxygen atoms in total. The third-order valence-electron chi connectivity index (χ3n) is 4.60. The lowest BCUT2D eigenvalue weighted by atomic mass is 9.75. The van der Waals surface area contributed by atoms with Crippen molar-refractivity contribution in [3.05, 3.63) is 29.8 Å². The normalized spacial score (nSPS) is 23.4.